The van der Waals surface area contributed by atoms with Crippen LogP contribution in [-0.4, -0.2) is 56.4 Å². The Kier molecular flexibility index (Phi) is 6.58. The third-order valence-corrected chi connectivity index (χ3v) is 6.31. The van der Waals surface area contributed by atoms with Crippen molar-refractivity contribution in [1.82, 2.24) is 14.5 Å². The predicted molar refractivity (Wildman–Crippen MR) is 117 cm³/mol. The Balaban J connectivity index is 2.22. The van der Waals surface area contributed by atoms with Crippen LogP contribution in [0.4, 0.5) is 5.69 Å². The van der Waals surface area contributed by atoms with Crippen molar-refractivity contribution in [2.45, 2.75) is 6.92 Å². The normalized spacial score (nSPS) is 15.6. The monoisotopic (exact) mass is 431 g/mol. The molecular weight excluding hydrogens is 406 g/mol. The van der Waals surface area contributed by atoms with Gasteiger partial charge in [0, 0.05) is 37.3 Å². The fourth-order valence-electron chi connectivity index (χ4n) is 3.24. The Bertz CT molecular complexity index is 1110. The quantitative estimate of drug-likeness (QED) is 0.498. The molecule has 30 heavy (non-hydrogen) atoms. The Morgan fingerprint density at radius 2 is 2.10 bits per heavy atom. The van der Waals surface area contributed by atoms with Gasteiger partial charge < -0.3 is 20.7 Å². The number of nitrogens with two attached hydrogens (primary N) is 1. The Labute approximate surface area is 175 Å². The van der Waals surface area contributed by atoms with E-state index in [-0.39, 0.29) is 17.2 Å². The number of anilines is 1. The number of ether oxygens (including phenoxy) is 1. The minimum Gasteiger partial charge on any atom is -0.461 e. The lowest BCUT2D eigenvalue weighted by atomic mass is 10.1. The van der Waals surface area contributed by atoms with Crippen LogP contribution in [0.25, 0.3) is 10.9 Å². The lowest BCUT2D eigenvalue weighted by Crippen LogP contribution is -2.43. The minimum atomic E-state index is -4.12. The maximum absolute atomic E-state index is 13.3. The first-order chi connectivity index (χ1) is 14.4. The summed E-state index contributed by atoms with van der Waals surface area (Å²) in [5, 5.41) is 7.80. The molecule has 0 bridgehead atoms. The van der Waals surface area contributed by atoms with Crippen LogP contribution in [0, 0.1) is 0 Å². The summed E-state index contributed by atoms with van der Waals surface area (Å²) in [5.74, 6) is -0.683. The van der Waals surface area contributed by atoms with E-state index in [9.17, 15) is 13.2 Å². The molecule has 0 spiro atoms. The van der Waals surface area contributed by atoms with E-state index in [0.29, 0.717) is 10.9 Å². The van der Waals surface area contributed by atoms with E-state index in [1.54, 1.807) is 19.1 Å². The Morgan fingerprint density at radius 3 is 2.73 bits per heavy atom. The van der Waals surface area contributed by atoms with E-state index in [1.165, 1.54) is 24.4 Å². The summed E-state index contributed by atoms with van der Waals surface area (Å²) in [7, 11) is -4.12. The van der Waals surface area contributed by atoms with Crippen LogP contribution in [0.3, 0.4) is 0 Å². The molecule has 1 fully saturated rings. The molecule has 0 saturated carbocycles. The summed E-state index contributed by atoms with van der Waals surface area (Å²) in [6.07, 6.45) is 5.12. The molecule has 0 aliphatic carbocycles. The maximum Gasteiger partial charge on any atom is 0.359 e. The number of carbonyl (C=O) groups excluding carboxylic acids is 1. The molecule has 0 unspecified atom stereocenters. The van der Waals surface area contributed by atoms with Gasteiger partial charge in [0.1, 0.15) is 0 Å². The van der Waals surface area contributed by atoms with Gasteiger partial charge in [-0.3, -0.25) is 0 Å². The zero-order chi connectivity index (χ0) is 21.7. The lowest BCUT2D eigenvalue weighted by molar-refractivity contribution is 0.0521. The van der Waals surface area contributed by atoms with Gasteiger partial charge in [0.2, 0.25) is 0 Å². The zero-order valence-corrected chi connectivity index (χ0v) is 17.6. The summed E-state index contributed by atoms with van der Waals surface area (Å²) >= 11 is 0. The Hall–Kier alpha value is -3.11. The number of carbonyl (C=O) groups is 1. The predicted octanol–water partition coefficient (Wildman–Crippen LogP) is 1.34. The van der Waals surface area contributed by atoms with Crippen molar-refractivity contribution in [3.05, 3.63) is 59.8 Å². The smallest absolute Gasteiger partial charge is 0.359 e. The van der Waals surface area contributed by atoms with Gasteiger partial charge in [0.25, 0.3) is 10.0 Å². The summed E-state index contributed by atoms with van der Waals surface area (Å²) in [6, 6.07) is 5.29. The molecule has 1 aliphatic rings. The van der Waals surface area contributed by atoms with Crippen molar-refractivity contribution in [2.75, 3.05) is 37.7 Å². The molecule has 160 valence electrons. The number of aromatic nitrogens is 2. The fraction of sp³-hybridized carbons (Fsp3) is 0.300. The number of rotatable bonds is 7. The van der Waals surface area contributed by atoms with Crippen LogP contribution in [0.2, 0.25) is 0 Å². The van der Waals surface area contributed by atoms with Crippen LogP contribution in [-0.2, 0) is 14.8 Å². The van der Waals surface area contributed by atoms with E-state index >= 15 is 0 Å². The highest BCUT2D eigenvalue weighted by Crippen LogP contribution is 2.28. The molecule has 0 amide bonds. The number of fused-ring (bicyclic) bond motifs is 1. The SMILES string of the molecule is C=C/C(=C\C=C/N)S(=O)(=O)n1nc(C(=O)OCC)c2ccc(N3CCNCC3)cc21. The molecule has 2 aromatic rings. The standard InChI is InChI=1S/C20H25N5O4S/c1-3-16(6-5-9-21)30(27,28)25-18-14-15(24-12-10-22-11-13-24)7-8-17(18)19(23-25)20(26)29-4-2/h3,5-9,14,22H,1,4,10-13,21H2,2H3/b9-5-,16-6+. The topological polar surface area (TPSA) is 120 Å². The number of hydrogen-bond donors (Lipinski definition) is 2. The fourth-order valence-corrected chi connectivity index (χ4v) is 4.50. The van der Waals surface area contributed by atoms with Gasteiger partial charge in [-0.05, 0) is 49.6 Å². The number of hydrogen-bond acceptors (Lipinski definition) is 8. The molecule has 1 aromatic heterocycles. The number of allylic oxidation sites excluding steroid dienone is 3. The lowest BCUT2D eigenvalue weighted by Gasteiger charge is -2.29. The second-order valence-electron chi connectivity index (χ2n) is 6.51. The second kappa shape index (κ2) is 9.14. The number of esters is 1. The zero-order valence-electron chi connectivity index (χ0n) is 16.7. The largest absolute Gasteiger partial charge is 0.461 e. The number of nitrogens with one attached hydrogen (secondary N) is 1. The summed E-state index contributed by atoms with van der Waals surface area (Å²) in [4.78, 5) is 14.5. The second-order valence-corrected chi connectivity index (χ2v) is 8.28. The van der Waals surface area contributed by atoms with Crippen LogP contribution in [0.1, 0.15) is 17.4 Å². The first-order valence-corrected chi connectivity index (χ1v) is 11.0. The van der Waals surface area contributed by atoms with E-state index < -0.39 is 16.0 Å². The average Bonchev–Trinajstić information content (AvgIpc) is 3.15. The number of benzene rings is 1. The molecule has 1 aliphatic heterocycles. The van der Waals surface area contributed by atoms with Gasteiger partial charge in [-0.1, -0.05) is 6.58 Å². The molecular formula is C20H25N5O4S. The minimum absolute atomic E-state index is 0.0555. The van der Waals surface area contributed by atoms with Crippen LogP contribution in [0.5, 0.6) is 0 Å². The maximum atomic E-state index is 13.3. The van der Waals surface area contributed by atoms with Gasteiger partial charge in [0.15, 0.2) is 5.69 Å². The first-order valence-electron chi connectivity index (χ1n) is 9.56. The van der Waals surface area contributed by atoms with E-state index in [4.69, 9.17) is 10.5 Å². The van der Waals surface area contributed by atoms with Gasteiger partial charge in [-0.25, -0.2) is 4.79 Å². The summed E-state index contributed by atoms with van der Waals surface area (Å²) in [6.45, 7) is 8.64. The van der Waals surface area contributed by atoms with Crippen LogP contribution in [0.15, 0.2) is 54.1 Å². The third-order valence-electron chi connectivity index (χ3n) is 4.68. The van der Waals surface area contributed by atoms with Crippen molar-refractivity contribution >= 4 is 32.6 Å². The molecule has 1 saturated heterocycles. The molecule has 0 radical (unpaired) electrons. The van der Waals surface area contributed by atoms with Gasteiger partial charge in [-0.2, -0.15) is 12.5 Å². The van der Waals surface area contributed by atoms with Gasteiger partial charge in [0.05, 0.1) is 17.0 Å². The van der Waals surface area contributed by atoms with Crippen molar-refractivity contribution < 1.29 is 17.9 Å². The molecule has 3 N–H and O–H groups in total. The van der Waals surface area contributed by atoms with E-state index in [2.05, 4.69) is 21.9 Å². The van der Waals surface area contributed by atoms with Gasteiger partial charge >= 0.3 is 5.97 Å². The number of nitrogens with zero attached hydrogens (tertiary/aromatic N) is 3. The molecule has 10 heteroatoms. The van der Waals surface area contributed by atoms with Crippen molar-refractivity contribution in [1.29, 1.82) is 0 Å². The van der Waals surface area contributed by atoms with Crippen molar-refractivity contribution in [3.63, 3.8) is 0 Å². The Morgan fingerprint density at radius 1 is 1.37 bits per heavy atom. The van der Waals surface area contributed by atoms with E-state index in [1.807, 2.05) is 6.07 Å². The summed E-state index contributed by atoms with van der Waals surface area (Å²) in [5.41, 5.74) is 6.42. The molecule has 2 heterocycles. The highest BCUT2D eigenvalue weighted by atomic mass is 32.2. The van der Waals surface area contributed by atoms with Gasteiger partial charge in [-0.15, -0.1) is 5.10 Å². The molecule has 1 aromatic carbocycles. The van der Waals surface area contributed by atoms with Crippen LogP contribution < -0.4 is 16.0 Å². The highest BCUT2D eigenvalue weighted by molar-refractivity contribution is 7.94. The average molecular weight is 432 g/mol. The molecule has 0 atom stereocenters. The summed E-state index contributed by atoms with van der Waals surface area (Å²) < 4.78 is 32.5. The van der Waals surface area contributed by atoms with Crippen molar-refractivity contribution in [2.24, 2.45) is 5.73 Å². The molecule has 3 rings (SSSR count). The van der Waals surface area contributed by atoms with Crippen molar-refractivity contribution in [3.8, 4) is 0 Å². The van der Waals surface area contributed by atoms with Crippen LogP contribution >= 0.6 is 0 Å². The third kappa shape index (κ3) is 4.10. The van der Waals surface area contributed by atoms with E-state index in [0.717, 1.165) is 36.0 Å². The first kappa shape index (κ1) is 21.6. The molecule has 9 nitrogen and oxygen atoms in total. The highest BCUT2D eigenvalue weighted by Gasteiger charge is 2.27. The number of piperazine rings is 1.